The number of aryl methyl sites for hydroxylation is 1. The first-order chi connectivity index (χ1) is 5.56. The van der Waals surface area contributed by atoms with Gasteiger partial charge in [-0.15, -0.1) is 0 Å². The first kappa shape index (κ1) is 9.13. The van der Waals surface area contributed by atoms with Crippen LogP contribution in [0.3, 0.4) is 0 Å². The number of halogens is 1. The Morgan fingerprint density at radius 1 is 1.58 bits per heavy atom. The van der Waals surface area contributed by atoms with Gasteiger partial charge in [0, 0.05) is 24.5 Å². The van der Waals surface area contributed by atoms with Gasteiger partial charge in [-0.2, -0.15) is 0 Å². The van der Waals surface area contributed by atoms with E-state index in [1.165, 1.54) is 13.1 Å². The highest BCUT2D eigenvalue weighted by Crippen LogP contribution is 2.23. The van der Waals surface area contributed by atoms with Crippen molar-refractivity contribution in [1.82, 2.24) is 4.98 Å². The smallest absolute Gasteiger partial charge is 0.146 e. The highest BCUT2D eigenvalue weighted by atomic mass is 19.1. The third-order valence-corrected chi connectivity index (χ3v) is 1.86. The van der Waals surface area contributed by atoms with Crippen molar-refractivity contribution in [3.63, 3.8) is 0 Å². The molecular weight excluding hydrogens is 155 g/mol. The fourth-order valence-corrected chi connectivity index (χ4v) is 0.958. The summed E-state index contributed by atoms with van der Waals surface area (Å²) < 4.78 is 13.6. The third kappa shape index (κ3) is 1.80. The van der Waals surface area contributed by atoms with E-state index < -0.39 is 5.67 Å². The van der Waals surface area contributed by atoms with E-state index >= 15 is 0 Å². The summed E-state index contributed by atoms with van der Waals surface area (Å²) in [5.41, 5.74) is 5.32. The number of aromatic nitrogens is 1. The van der Waals surface area contributed by atoms with Crippen LogP contribution in [0, 0.1) is 6.92 Å². The summed E-state index contributed by atoms with van der Waals surface area (Å²) in [5.74, 6) is 0. The summed E-state index contributed by atoms with van der Waals surface area (Å²) in [4.78, 5) is 3.90. The second kappa shape index (κ2) is 3.19. The Morgan fingerprint density at radius 3 is 2.75 bits per heavy atom. The largest absolute Gasteiger partial charge is 0.327 e. The predicted molar refractivity (Wildman–Crippen MR) is 46.5 cm³/mol. The summed E-state index contributed by atoms with van der Waals surface area (Å²) >= 11 is 0. The van der Waals surface area contributed by atoms with Gasteiger partial charge in [-0.25, -0.2) is 4.39 Å². The Morgan fingerprint density at radius 2 is 2.25 bits per heavy atom. The van der Waals surface area contributed by atoms with Gasteiger partial charge in [-0.05, 0) is 25.5 Å². The molecule has 2 nitrogen and oxygen atoms in total. The molecule has 0 saturated carbocycles. The fraction of sp³-hybridized carbons (Fsp3) is 0.444. The van der Waals surface area contributed by atoms with Crippen molar-refractivity contribution in [3.8, 4) is 0 Å². The van der Waals surface area contributed by atoms with Crippen molar-refractivity contribution >= 4 is 0 Å². The zero-order chi connectivity index (χ0) is 9.19. The average molecular weight is 168 g/mol. The molecule has 0 amide bonds. The van der Waals surface area contributed by atoms with Crippen LogP contribution in [-0.4, -0.2) is 11.5 Å². The Balaban J connectivity index is 3.03. The van der Waals surface area contributed by atoms with E-state index in [9.17, 15) is 4.39 Å². The number of hydrogen-bond acceptors (Lipinski definition) is 2. The minimum atomic E-state index is -1.46. The highest BCUT2D eigenvalue weighted by molar-refractivity contribution is 5.22. The van der Waals surface area contributed by atoms with Crippen LogP contribution < -0.4 is 5.73 Å². The van der Waals surface area contributed by atoms with Crippen LogP contribution >= 0.6 is 0 Å². The van der Waals surface area contributed by atoms with Gasteiger partial charge in [0.1, 0.15) is 5.67 Å². The van der Waals surface area contributed by atoms with Crippen LogP contribution in [0.15, 0.2) is 18.5 Å². The molecule has 1 heterocycles. The average Bonchev–Trinajstić information content (AvgIpc) is 2.05. The van der Waals surface area contributed by atoms with E-state index in [1.54, 1.807) is 12.3 Å². The molecule has 0 bridgehead atoms. The molecule has 3 heteroatoms. The number of hydrogen-bond donors (Lipinski definition) is 1. The van der Waals surface area contributed by atoms with Gasteiger partial charge in [0.15, 0.2) is 0 Å². The highest BCUT2D eigenvalue weighted by Gasteiger charge is 2.23. The second-order valence-electron chi connectivity index (χ2n) is 3.15. The molecule has 0 aliphatic heterocycles. The van der Waals surface area contributed by atoms with E-state index in [1.807, 2.05) is 6.92 Å². The standard InChI is InChI=1S/C9H13FN2/c1-7-3-8(5-12-4-7)9(2,10)6-11/h3-5H,6,11H2,1-2H3. The third-order valence-electron chi connectivity index (χ3n) is 1.86. The van der Waals surface area contributed by atoms with E-state index in [0.29, 0.717) is 5.56 Å². The molecule has 1 unspecified atom stereocenters. The Hall–Kier alpha value is -0.960. The Labute approximate surface area is 71.6 Å². The zero-order valence-electron chi connectivity index (χ0n) is 7.34. The van der Waals surface area contributed by atoms with Crippen molar-refractivity contribution < 1.29 is 4.39 Å². The number of nitrogens with zero attached hydrogens (tertiary/aromatic N) is 1. The van der Waals surface area contributed by atoms with Crippen LogP contribution in [0.2, 0.25) is 0 Å². The summed E-state index contributed by atoms with van der Waals surface area (Å²) in [7, 11) is 0. The van der Waals surface area contributed by atoms with Gasteiger partial charge in [0.05, 0.1) is 0 Å². The Kier molecular flexibility index (Phi) is 2.43. The van der Waals surface area contributed by atoms with Crippen molar-refractivity contribution in [2.45, 2.75) is 19.5 Å². The Bertz CT molecular complexity index is 271. The van der Waals surface area contributed by atoms with Crippen molar-refractivity contribution in [2.24, 2.45) is 5.73 Å². The number of nitrogens with two attached hydrogens (primary N) is 1. The molecule has 1 aromatic heterocycles. The maximum absolute atomic E-state index is 13.6. The lowest BCUT2D eigenvalue weighted by Gasteiger charge is -2.17. The molecule has 0 aliphatic carbocycles. The van der Waals surface area contributed by atoms with Gasteiger partial charge in [0.25, 0.3) is 0 Å². The van der Waals surface area contributed by atoms with E-state index in [4.69, 9.17) is 5.73 Å². The fourth-order valence-electron chi connectivity index (χ4n) is 0.958. The molecule has 0 aliphatic rings. The predicted octanol–water partition coefficient (Wildman–Crippen LogP) is 1.53. The van der Waals surface area contributed by atoms with Gasteiger partial charge in [-0.1, -0.05) is 0 Å². The number of rotatable bonds is 2. The summed E-state index contributed by atoms with van der Waals surface area (Å²) in [6.45, 7) is 3.32. The summed E-state index contributed by atoms with van der Waals surface area (Å²) in [5, 5.41) is 0. The number of pyridine rings is 1. The minimum Gasteiger partial charge on any atom is -0.327 e. The van der Waals surface area contributed by atoms with E-state index in [2.05, 4.69) is 4.98 Å². The van der Waals surface area contributed by atoms with E-state index in [-0.39, 0.29) is 6.54 Å². The van der Waals surface area contributed by atoms with Gasteiger partial charge < -0.3 is 5.73 Å². The molecule has 12 heavy (non-hydrogen) atoms. The van der Waals surface area contributed by atoms with Crippen molar-refractivity contribution in [2.75, 3.05) is 6.54 Å². The van der Waals surface area contributed by atoms with Gasteiger partial charge in [-0.3, -0.25) is 4.98 Å². The van der Waals surface area contributed by atoms with Gasteiger partial charge >= 0.3 is 0 Å². The lowest BCUT2D eigenvalue weighted by atomic mass is 9.99. The van der Waals surface area contributed by atoms with Crippen LogP contribution in [0.25, 0.3) is 0 Å². The quantitative estimate of drug-likeness (QED) is 0.727. The molecule has 1 aromatic rings. The molecule has 1 atom stereocenters. The van der Waals surface area contributed by atoms with Gasteiger partial charge in [0.2, 0.25) is 0 Å². The monoisotopic (exact) mass is 168 g/mol. The normalized spacial score (nSPS) is 15.7. The SMILES string of the molecule is Cc1cncc(C(C)(F)CN)c1. The molecule has 66 valence electrons. The zero-order valence-corrected chi connectivity index (χ0v) is 7.34. The lowest BCUT2D eigenvalue weighted by molar-refractivity contribution is 0.203. The molecule has 2 N–H and O–H groups in total. The number of alkyl halides is 1. The van der Waals surface area contributed by atoms with Crippen molar-refractivity contribution in [1.29, 1.82) is 0 Å². The van der Waals surface area contributed by atoms with Crippen LogP contribution in [0.4, 0.5) is 4.39 Å². The molecule has 0 fully saturated rings. The first-order valence-electron chi connectivity index (χ1n) is 3.87. The maximum atomic E-state index is 13.6. The molecule has 0 saturated heterocycles. The molecule has 0 radical (unpaired) electrons. The van der Waals surface area contributed by atoms with Crippen LogP contribution in [0.1, 0.15) is 18.1 Å². The lowest BCUT2D eigenvalue weighted by Crippen LogP contribution is -2.26. The van der Waals surface area contributed by atoms with Crippen LogP contribution in [0.5, 0.6) is 0 Å². The van der Waals surface area contributed by atoms with E-state index in [0.717, 1.165) is 5.56 Å². The molecule has 0 spiro atoms. The first-order valence-corrected chi connectivity index (χ1v) is 3.87. The second-order valence-corrected chi connectivity index (χ2v) is 3.15. The minimum absolute atomic E-state index is 0.0157. The summed E-state index contributed by atoms with van der Waals surface area (Å²) in [6.07, 6.45) is 3.20. The maximum Gasteiger partial charge on any atom is 0.146 e. The van der Waals surface area contributed by atoms with Crippen molar-refractivity contribution in [3.05, 3.63) is 29.6 Å². The molecule has 1 rings (SSSR count). The molecular formula is C9H13FN2. The van der Waals surface area contributed by atoms with Crippen LogP contribution in [-0.2, 0) is 5.67 Å². The topological polar surface area (TPSA) is 38.9 Å². The molecule has 0 aromatic carbocycles. The summed E-state index contributed by atoms with van der Waals surface area (Å²) in [6, 6.07) is 1.76.